The van der Waals surface area contributed by atoms with E-state index in [4.69, 9.17) is 0 Å². The summed E-state index contributed by atoms with van der Waals surface area (Å²) in [4.78, 5) is 0. The molecule has 0 nitrogen and oxygen atoms in total. The standard InChI is InChI=1S/C9H8F2/c1-2-7-3-4-8(10)6-9(11)5-7/h3,5-6H,2H2,1H3. The van der Waals surface area contributed by atoms with Crippen molar-refractivity contribution < 1.29 is 8.78 Å². The molecule has 0 fully saturated rings. The van der Waals surface area contributed by atoms with Gasteiger partial charge in [0.1, 0.15) is 5.83 Å². The average molecular weight is 154 g/mol. The quantitative estimate of drug-likeness (QED) is 0.509. The van der Waals surface area contributed by atoms with Gasteiger partial charge >= 0.3 is 0 Å². The van der Waals surface area contributed by atoms with Crippen molar-refractivity contribution in [3.05, 3.63) is 41.2 Å². The molecule has 0 radical (unpaired) electrons. The highest BCUT2D eigenvalue weighted by Crippen LogP contribution is 2.15. The van der Waals surface area contributed by atoms with Crippen LogP contribution in [0.2, 0.25) is 0 Å². The summed E-state index contributed by atoms with van der Waals surface area (Å²) in [7, 11) is 0. The fourth-order valence-electron chi connectivity index (χ4n) is 0.789. The lowest BCUT2D eigenvalue weighted by atomic mass is 10.2. The third-order valence-electron chi connectivity index (χ3n) is 1.39. The first-order valence-electron chi connectivity index (χ1n) is 3.42. The Morgan fingerprint density at radius 2 is 2.09 bits per heavy atom. The molecule has 1 aliphatic rings. The fraction of sp³-hybridized carbons (Fsp3) is 0.222. The maximum atomic E-state index is 12.6. The number of rotatable bonds is 1. The summed E-state index contributed by atoms with van der Waals surface area (Å²) in [6.07, 6.45) is 4.26. The van der Waals surface area contributed by atoms with Crippen LogP contribution in [0.4, 0.5) is 8.78 Å². The van der Waals surface area contributed by atoms with Crippen molar-refractivity contribution in [1.82, 2.24) is 0 Å². The first-order chi connectivity index (χ1) is 5.22. The van der Waals surface area contributed by atoms with Gasteiger partial charge in [0.05, 0.1) is 0 Å². The molecule has 0 heterocycles. The van der Waals surface area contributed by atoms with E-state index in [1.807, 2.05) is 6.92 Å². The molecule has 0 aromatic rings. The molecule has 0 N–H and O–H groups in total. The van der Waals surface area contributed by atoms with Gasteiger partial charge in [-0.3, -0.25) is 0 Å². The fourth-order valence-corrected chi connectivity index (χ4v) is 0.789. The van der Waals surface area contributed by atoms with Gasteiger partial charge in [0.15, 0.2) is 5.83 Å². The summed E-state index contributed by atoms with van der Waals surface area (Å²) < 4.78 is 25.0. The lowest BCUT2D eigenvalue weighted by Crippen LogP contribution is -1.72. The summed E-state index contributed by atoms with van der Waals surface area (Å²) in [5.41, 5.74) is 3.06. The molecule has 0 aromatic heterocycles. The van der Waals surface area contributed by atoms with E-state index < -0.39 is 11.7 Å². The summed E-state index contributed by atoms with van der Waals surface area (Å²) in [6, 6.07) is 0. The second-order valence-corrected chi connectivity index (χ2v) is 2.24. The smallest absolute Gasteiger partial charge is 0.168 e. The van der Waals surface area contributed by atoms with Crippen molar-refractivity contribution >= 4 is 0 Å². The zero-order valence-corrected chi connectivity index (χ0v) is 6.20. The molecule has 0 saturated carbocycles. The maximum Gasteiger partial charge on any atom is 0.168 e. The molecule has 11 heavy (non-hydrogen) atoms. The van der Waals surface area contributed by atoms with Crippen molar-refractivity contribution in [2.75, 3.05) is 0 Å². The van der Waals surface area contributed by atoms with Gasteiger partial charge in [-0.2, -0.15) is 4.39 Å². The molecular weight excluding hydrogens is 146 g/mol. The molecule has 0 aromatic carbocycles. The van der Waals surface area contributed by atoms with Crippen LogP contribution in [0.5, 0.6) is 0 Å². The van der Waals surface area contributed by atoms with E-state index in [9.17, 15) is 8.78 Å². The third-order valence-corrected chi connectivity index (χ3v) is 1.39. The van der Waals surface area contributed by atoms with Crippen LogP contribution < -0.4 is 0 Å². The van der Waals surface area contributed by atoms with Gasteiger partial charge in [0, 0.05) is 6.08 Å². The van der Waals surface area contributed by atoms with Gasteiger partial charge in [-0.1, -0.05) is 12.7 Å². The lowest BCUT2D eigenvalue weighted by Gasteiger charge is -1.90. The Morgan fingerprint density at radius 1 is 1.36 bits per heavy atom. The maximum absolute atomic E-state index is 12.6. The minimum Gasteiger partial charge on any atom is -0.207 e. The molecule has 2 heteroatoms. The molecule has 0 unspecified atom stereocenters. The Bertz CT molecular complexity index is 276. The van der Waals surface area contributed by atoms with Crippen molar-refractivity contribution in [2.24, 2.45) is 0 Å². The minimum absolute atomic E-state index is 0.555. The second-order valence-electron chi connectivity index (χ2n) is 2.24. The van der Waals surface area contributed by atoms with Crippen molar-refractivity contribution in [2.45, 2.75) is 13.3 Å². The third kappa shape index (κ3) is 2.17. The van der Waals surface area contributed by atoms with Gasteiger partial charge in [-0.25, -0.2) is 4.39 Å². The number of hydrogen-bond acceptors (Lipinski definition) is 0. The van der Waals surface area contributed by atoms with Crippen LogP contribution in [0.3, 0.4) is 0 Å². The van der Waals surface area contributed by atoms with E-state index in [0.29, 0.717) is 6.42 Å². The Balaban J connectivity index is 3.03. The highest BCUT2D eigenvalue weighted by molar-refractivity contribution is 5.33. The number of hydrogen-bond donors (Lipinski definition) is 0. The Labute approximate surface area is 64.2 Å². The predicted octanol–water partition coefficient (Wildman–Crippen LogP) is 3.20. The molecule has 0 aliphatic heterocycles. The molecule has 1 aliphatic carbocycles. The second kappa shape index (κ2) is 3.31. The molecule has 0 amide bonds. The SMILES string of the molecule is CCC1=CC(F)=CC(F)=C=C1. The zero-order valence-electron chi connectivity index (χ0n) is 6.20. The Kier molecular flexibility index (Phi) is 2.40. The first kappa shape index (κ1) is 7.96. The van der Waals surface area contributed by atoms with Gasteiger partial charge in [-0.15, -0.1) is 0 Å². The largest absolute Gasteiger partial charge is 0.207 e. The summed E-state index contributed by atoms with van der Waals surface area (Å²) in [5.74, 6) is -1.22. The van der Waals surface area contributed by atoms with E-state index >= 15 is 0 Å². The van der Waals surface area contributed by atoms with E-state index in [-0.39, 0.29) is 0 Å². The van der Waals surface area contributed by atoms with Crippen LogP contribution in [0.15, 0.2) is 41.2 Å². The Hall–Kier alpha value is -1.14. The van der Waals surface area contributed by atoms with E-state index in [0.717, 1.165) is 11.6 Å². The summed E-state index contributed by atoms with van der Waals surface area (Å²) >= 11 is 0. The molecule has 0 saturated heterocycles. The monoisotopic (exact) mass is 154 g/mol. The van der Waals surface area contributed by atoms with Crippen molar-refractivity contribution in [3.8, 4) is 0 Å². The zero-order chi connectivity index (χ0) is 8.27. The topological polar surface area (TPSA) is 0 Å². The Morgan fingerprint density at radius 3 is 2.73 bits per heavy atom. The van der Waals surface area contributed by atoms with E-state index in [1.54, 1.807) is 0 Å². The molecular formula is C9H8F2. The minimum atomic E-state index is -0.665. The van der Waals surface area contributed by atoms with Gasteiger partial charge in [0.2, 0.25) is 0 Å². The lowest BCUT2D eigenvalue weighted by molar-refractivity contribution is 0.633. The van der Waals surface area contributed by atoms with Crippen LogP contribution in [0.25, 0.3) is 0 Å². The van der Waals surface area contributed by atoms with Gasteiger partial charge in [0.25, 0.3) is 0 Å². The highest BCUT2D eigenvalue weighted by Gasteiger charge is 1.98. The molecule has 0 atom stereocenters. The van der Waals surface area contributed by atoms with E-state index in [2.05, 4.69) is 5.73 Å². The first-order valence-corrected chi connectivity index (χ1v) is 3.42. The van der Waals surface area contributed by atoms with Crippen LogP contribution in [-0.4, -0.2) is 0 Å². The van der Waals surface area contributed by atoms with Crippen molar-refractivity contribution in [3.63, 3.8) is 0 Å². The molecule has 1 rings (SSSR count). The summed E-state index contributed by atoms with van der Waals surface area (Å²) in [6.45, 7) is 1.88. The van der Waals surface area contributed by atoms with Crippen LogP contribution >= 0.6 is 0 Å². The van der Waals surface area contributed by atoms with Crippen LogP contribution in [0.1, 0.15) is 13.3 Å². The number of halogens is 2. The predicted molar refractivity (Wildman–Crippen MR) is 40.3 cm³/mol. The van der Waals surface area contributed by atoms with E-state index in [1.165, 1.54) is 12.2 Å². The van der Waals surface area contributed by atoms with Crippen LogP contribution in [0, 0.1) is 0 Å². The normalized spacial score (nSPS) is 16.8. The van der Waals surface area contributed by atoms with Gasteiger partial charge in [-0.05, 0) is 24.1 Å². The molecule has 0 bridgehead atoms. The van der Waals surface area contributed by atoms with Gasteiger partial charge < -0.3 is 0 Å². The van der Waals surface area contributed by atoms with Crippen molar-refractivity contribution in [1.29, 1.82) is 0 Å². The molecule has 0 spiro atoms. The highest BCUT2D eigenvalue weighted by atomic mass is 19.1. The average Bonchev–Trinajstić information content (AvgIpc) is 2.11. The summed E-state index contributed by atoms with van der Waals surface area (Å²) in [5, 5.41) is 0. The molecule has 58 valence electrons. The number of allylic oxidation sites excluding steroid dienone is 5. The van der Waals surface area contributed by atoms with Crippen LogP contribution in [-0.2, 0) is 0 Å².